The molecule has 0 aliphatic carbocycles. The van der Waals surface area contributed by atoms with Crippen molar-refractivity contribution in [3.63, 3.8) is 0 Å². The van der Waals surface area contributed by atoms with Gasteiger partial charge in [0.25, 0.3) is 0 Å². The molecule has 1 atom stereocenters. The third kappa shape index (κ3) is 4.99. The van der Waals surface area contributed by atoms with E-state index in [9.17, 15) is 4.79 Å². The van der Waals surface area contributed by atoms with Gasteiger partial charge in [-0.2, -0.15) is 0 Å². The van der Waals surface area contributed by atoms with Crippen molar-refractivity contribution < 1.29 is 19.0 Å². The Labute approximate surface area is 125 Å². The maximum atomic E-state index is 11.8. The fraction of sp³-hybridized carbons (Fsp3) is 0.471. The second-order valence-electron chi connectivity index (χ2n) is 5.68. The van der Waals surface area contributed by atoms with E-state index in [1.54, 1.807) is 12.1 Å². The lowest BCUT2D eigenvalue weighted by Crippen LogP contribution is -2.21. The van der Waals surface area contributed by atoms with Gasteiger partial charge in [0.15, 0.2) is 5.79 Å². The first-order valence-electron chi connectivity index (χ1n) is 7.16. The number of ether oxygens (including phenoxy) is 3. The standard InChI is InChI=1S/C17H22O4/c1-13(9-10-15-12-20-17(2,3)21-15)11-19-16(18)14-7-5-4-6-8-14/h4-9,15H,10-12H2,1-3H3/b13-9+/t15-/m1/s1. The van der Waals surface area contributed by atoms with Gasteiger partial charge >= 0.3 is 5.97 Å². The van der Waals surface area contributed by atoms with Crippen LogP contribution in [0.15, 0.2) is 42.0 Å². The summed E-state index contributed by atoms with van der Waals surface area (Å²) in [4.78, 5) is 11.8. The number of esters is 1. The van der Waals surface area contributed by atoms with Crippen LogP contribution in [0.2, 0.25) is 0 Å². The normalized spacial score (nSPS) is 21.3. The minimum atomic E-state index is -0.494. The van der Waals surface area contributed by atoms with E-state index < -0.39 is 5.79 Å². The molecule has 0 spiro atoms. The van der Waals surface area contributed by atoms with Gasteiger partial charge in [0.2, 0.25) is 0 Å². The molecule has 0 amide bonds. The largest absolute Gasteiger partial charge is 0.458 e. The molecule has 1 heterocycles. The topological polar surface area (TPSA) is 44.8 Å². The lowest BCUT2D eigenvalue weighted by atomic mass is 10.2. The second-order valence-corrected chi connectivity index (χ2v) is 5.68. The van der Waals surface area contributed by atoms with E-state index in [-0.39, 0.29) is 12.1 Å². The summed E-state index contributed by atoms with van der Waals surface area (Å²) in [5, 5.41) is 0. The highest BCUT2D eigenvalue weighted by atomic mass is 16.7. The van der Waals surface area contributed by atoms with Crippen LogP contribution in [0.4, 0.5) is 0 Å². The van der Waals surface area contributed by atoms with Crippen molar-refractivity contribution in [2.24, 2.45) is 0 Å². The summed E-state index contributed by atoms with van der Waals surface area (Å²) in [6.45, 7) is 6.65. The third-order valence-corrected chi connectivity index (χ3v) is 3.24. The van der Waals surface area contributed by atoms with Gasteiger partial charge in [-0.3, -0.25) is 0 Å². The average Bonchev–Trinajstić information content (AvgIpc) is 2.83. The quantitative estimate of drug-likeness (QED) is 0.616. The molecule has 4 nitrogen and oxygen atoms in total. The Balaban J connectivity index is 1.75. The Morgan fingerprint density at radius 1 is 1.38 bits per heavy atom. The molecule has 1 aliphatic heterocycles. The summed E-state index contributed by atoms with van der Waals surface area (Å²) in [7, 11) is 0. The van der Waals surface area contributed by atoms with Crippen molar-refractivity contribution in [2.45, 2.75) is 39.1 Å². The zero-order valence-corrected chi connectivity index (χ0v) is 12.8. The van der Waals surface area contributed by atoms with Crippen LogP contribution in [0.25, 0.3) is 0 Å². The van der Waals surface area contributed by atoms with Gasteiger partial charge in [0.05, 0.1) is 18.3 Å². The highest BCUT2D eigenvalue weighted by Crippen LogP contribution is 2.24. The zero-order chi connectivity index (χ0) is 15.3. The van der Waals surface area contributed by atoms with Crippen molar-refractivity contribution >= 4 is 5.97 Å². The first kappa shape index (κ1) is 15.7. The summed E-state index contributed by atoms with van der Waals surface area (Å²) in [5.41, 5.74) is 1.58. The molecular formula is C17H22O4. The molecule has 21 heavy (non-hydrogen) atoms. The minimum absolute atomic E-state index is 0.0692. The van der Waals surface area contributed by atoms with Crippen LogP contribution >= 0.6 is 0 Å². The van der Waals surface area contributed by atoms with Crippen molar-refractivity contribution in [3.8, 4) is 0 Å². The average molecular weight is 290 g/mol. The molecule has 2 rings (SSSR count). The van der Waals surface area contributed by atoms with Crippen LogP contribution in [-0.4, -0.2) is 31.1 Å². The number of hydrogen-bond donors (Lipinski definition) is 0. The van der Waals surface area contributed by atoms with E-state index in [2.05, 4.69) is 0 Å². The first-order chi connectivity index (χ1) is 9.96. The molecule has 1 aliphatic rings. The zero-order valence-electron chi connectivity index (χ0n) is 12.8. The fourth-order valence-corrected chi connectivity index (χ4v) is 2.11. The van der Waals surface area contributed by atoms with Crippen LogP contribution in [0, 0.1) is 0 Å². The molecule has 4 heteroatoms. The van der Waals surface area contributed by atoms with E-state index >= 15 is 0 Å². The van der Waals surface area contributed by atoms with Crippen molar-refractivity contribution in [1.82, 2.24) is 0 Å². The molecule has 0 N–H and O–H groups in total. The predicted octanol–water partition coefficient (Wildman–Crippen LogP) is 3.33. The Kier molecular flexibility index (Phi) is 5.15. The second kappa shape index (κ2) is 6.87. The van der Waals surface area contributed by atoms with Crippen molar-refractivity contribution in [2.75, 3.05) is 13.2 Å². The molecule has 0 unspecified atom stereocenters. The SMILES string of the molecule is C/C(=C\C[C@@H]1COC(C)(C)O1)COC(=O)c1ccccc1. The summed E-state index contributed by atoms with van der Waals surface area (Å²) in [6, 6.07) is 8.99. The molecule has 1 aromatic carbocycles. The van der Waals surface area contributed by atoms with E-state index in [1.165, 1.54) is 0 Å². The summed E-state index contributed by atoms with van der Waals surface area (Å²) in [5.74, 6) is -0.795. The molecule has 0 radical (unpaired) electrons. The number of carbonyl (C=O) groups excluding carboxylic acids is 1. The van der Waals surface area contributed by atoms with E-state index in [0.717, 1.165) is 12.0 Å². The summed E-state index contributed by atoms with van der Waals surface area (Å²) >= 11 is 0. The number of benzene rings is 1. The van der Waals surface area contributed by atoms with Crippen LogP contribution in [-0.2, 0) is 14.2 Å². The molecular weight excluding hydrogens is 268 g/mol. The Morgan fingerprint density at radius 2 is 2.10 bits per heavy atom. The van der Waals surface area contributed by atoms with Crippen molar-refractivity contribution in [3.05, 3.63) is 47.5 Å². The molecule has 1 fully saturated rings. The predicted molar refractivity (Wildman–Crippen MR) is 80.0 cm³/mol. The van der Waals surface area contributed by atoms with Gasteiger partial charge in [0.1, 0.15) is 6.61 Å². The number of hydrogen-bond acceptors (Lipinski definition) is 4. The maximum Gasteiger partial charge on any atom is 0.338 e. The summed E-state index contributed by atoms with van der Waals surface area (Å²) in [6.07, 6.45) is 2.87. The first-order valence-corrected chi connectivity index (χ1v) is 7.16. The van der Waals surface area contributed by atoms with E-state index in [4.69, 9.17) is 14.2 Å². The van der Waals surface area contributed by atoms with Crippen LogP contribution < -0.4 is 0 Å². The molecule has 0 aromatic heterocycles. The Morgan fingerprint density at radius 3 is 2.71 bits per heavy atom. The van der Waals surface area contributed by atoms with Gasteiger partial charge in [-0.05, 0) is 44.9 Å². The lowest BCUT2D eigenvalue weighted by molar-refractivity contribution is -0.137. The van der Waals surface area contributed by atoms with Gasteiger partial charge in [-0.1, -0.05) is 24.3 Å². The van der Waals surface area contributed by atoms with Crippen LogP contribution in [0.1, 0.15) is 37.6 Å². The smallest absolute Gasteiger partial charge is 0.338 e. The number of carbonyl (C=O) groups is 1. The lowest BCUT2D eigenvalue weighted by Gasteiger charge is -2.16. The summed E-state index contributed by atoms with van der Waals surface area (Å²) < 4.78 is 16.5. The maximum absolute atomic E-state index is 11.8. The van der Waals surface area contributed by atoms with E-state index in [0.29, 0.717) is 18.8 Å². The highest BCUT2D eigenvalue weighted by molar-refractivity contribution is 5.89. The van der Waals surface area contributed by atoms with Gasteiger partial charge in [0, 0.05) is 0 Å². The van der Waals surface area contributed by atoms with Crippen LogP contribution in [0.5, 0.6) is 0 Å². The minimum Gasteiger partial charge on any atom is -0.458 e. The monoisotopic (exact) mass is 290 g/mol. The number of rotatable bonds is 5. The van der Waals surface area contributed by atoms with Gasteiger partial charge in [-0.15, -0.1) is 0 Å². The van der Waals surface area contributed by atoms with Gasteiger partial charge < -0.3 is 14.2 Å². The molecule has 1 saturated heterocycles. The Hall–Kier alpha value is -1.65. The van der Waals surface area contributed by atoms with Crippen molar-refractivity contribution in [1.29, 1.82) is 0 Å². The fourth-order valence-electron chi connectivity index (χ4n) is 2.11. The molecule has 1 aromatic rings. The van der Waals surface area contributed by atoms with Gasteiger partial charge in [-0.25, -0.2) is 4.79 Å². The molecule has 0 bridgehead atoms. The van der Waals surface area contributed by atoms with E-state index in [1.807, 2.05) is 45.0 Å². The molecule has 114 valence electrons. The Bertz CT molecular complexity index is 505. The molecule has 0 saturated carbocycles. The third-order valence-electron chi connectivity index (χ3n) is 3.24. The highest BCUT2D eigenvalue weighted by Gasteiger charge is 2.31. The van der Waals surface area contributed by atoms with Crippen LogP contribution in [0.3, 0.4) is 0 Å².